The number of piperazine rings is 1. The number of amides is 2. The minimum atomic E-state index is -4.66. The zero-order valence-corrected chi connectivity index (χ0v) is 12.1. The third kappa shape index (κ3) is 3.79. The molecule has 0 atom stereocenters. The van der Waals surface area contributed by atoms with Crippen molar-refractivity contribution < 1.29 is 27.2 Å². The second-order valence-corrected chi connectivity index (χ2v) is 5.07. The first-order valence-corrected chi connectivity index (χ1v) is 6.88. The number of benzene rings is 1. The number of carbonyl (C=O) groups is 2. The first kappa shape index (κ1) is 17.2. The third-order valence-corrected chi connectivity index (χ3v) is 3.62. The van der Waals surface area contributed by atoms with Crippen molar-refractivity contribution in [2.75, 3.05) is 32.7 Å². The van der Waals surface area contributed by atoms with Gasteiger partial charge in [0.2, 0.25) is 5.91 Å². The SMILES string of the molecule is NCC(=O)N1CCN(C(=O)c2cc(C(F)(F)F)ccc2F)CC1. The lowest BCUT2D eigenvalue weighted by Gasteiger charge is -2.34. The molecule has 0 radical (unpaired) electrons. The summed E-state index contributed by atoms with van der Waals surface area (Å²) in [6.45, 7) is 0.488. The molecule has 2 rings (SSSR count). The van der Waals surface area contributed by atoms with E-state index in [1.165, 1.54) is 9.80 Å². The maximum Gasteiger partial charge on any atom is 0.416 e. The molecule has 126 valence electrons. The van der Waals surface area contributed by atoms with Gasteiger partial charge in [0.05, 0.1) is 17.7 Å². The van der Waals surface area contributed by atoms with Gasteiger partial charge in [-0.05, 0) is 18.2 Å². The molecule has 1 aromatic carbocycles. The van der Waals surface area contributed by atoms with Crippen molar-refractivity contribution in [2.45, 2.75) is 6.18 Å². The first-order valence-electron chi connectivity index (χ1n) is 6.88. The van der Waals surface area contributed by atoms with Gasteiger partial charge in [0.25, 0.3) is 5.91 Å². The van der Waals surface area contributed by atoms with E-state index in [-0.39, 0.29) is 38.6 Å². The van der Waals surface area contributed by atoms with Gasteiger partial charge >= 0.3 is 6.18 Å². The monoisotopic (exact) mass is 333 g/mol. The molecule has 1 fully saturated rings. The highest BCUT2D eigenvalue weighted by atomic mass is 19.4. The van der Waals surface area contributed by atoms with Crippen LogP contribution in [0.25, 0.3) is 0 Å². The molecule has 1 heterocycles. The van der Waals surface area contributed by atoms with Crippen LogP contribution < -0.4 is 5.73 Å². The largest absolute Gasteiger partial charge is 0.416 e. The van der Waals surface area contributed by atoms with Gasteiger partial charge in [0.1, 0.15) is 5.82 Å². The minimum absolute atomic E-state index is 0.111. The second-order valence-electron chi connectivity index (χ2n) is 5.07. The summed E-state index contributed by atoms with van der Waals surface area (Å²) in [6, 6.07) is 1.73. The van der Waals surface area contributed by atoms with Crippen LogP contribution in [0.4, 0.5) is 17.6 Å². The lowest BCUT2D eigenvalue weighted by Crippen LogP contribution is -2.52. The number of hydrogen-bond donors (Lipinski definition) is 1. The van der Waals surface area contributed by atoms with Crippen LogP contribution in [-0.4, -0.2) is 54.3 Å². The molecule has 2 amide bonds. The van der Waals surface area contributed by atoms with E-state index in [1.54, 1.807) is 0 Å². The van der Waals surface area contributed by atoms with Gasteiger partial charge in [-0.1, -0.05) is 0 Å². The Bertz CT molecular complexity index is 611. The first-order chi connectivity index (χ1) is 10.7. The smallest absolute Gasteiger partial charge is 0.338 e. The van der Waals surface area contributed by atoms with E-state index in [9.17, 15) is 27.2 Å². The van der Waals surface area contributed by atoms with Gasteiger partial charge in [-0.2, -0.15) is 13.2 Å². The molecule has 0 unspecified atom stereocenters. The number of nitrogens with two attached hydrogens (primary N) is 1. The Kier molecular flexibility index (Phi) is 4.88. The molecular formula is C14H15F4N3O2. The van der Waals surface area contributed by atoms with E-state index >= 15 is 0 Å². The lowest BCUT2D eigenvalue weighted by atomic mass is 10.1. The fourth-order valence-corrected chi connectivity index (χ4v) is 2.32. The van der Waals surface area contributed by atoms with E-state index in [1.807, 2.05) is 0 Å². The summed E-state index contributed by atoms with van der Waals surface area (Å²) in [4.78, 5) is 26.3. The summed E-state index contributed by atoms with van der Waals surface area (Å²) in [5.74, 6) is -2.11. The van der Waals surface area contributed by atoms with Crippen LogP contribution in [0.2, 0.25) is 0 Å². The molecule has 1 saturated heterocycles. The topological polar surface area (TPSA) is 66.6 Å². The van der Waals surface area contributed by atoms with E-state index in [4.69, 9.17) is 5.73 Å². The number of rotatable bonds is 2. The third-order valence-electron chi connectivity index (χ3n) is 3.62. The van der Waals surface area contributed by atoms with E-state index < -0.39 is 29.0 Å². The zero-order valence-electron chi connectivity index (χ0n) is 12.1. The average molecular weight is 333 g/mol. The Balaban J connectivity index is 2.14. The van der Waals surface area contributed by atoms with Crippen LogP contribution in [-0.2, 0) is 11.0 Å². The number of halogens is 4. The fourth-order valence-electron chi connectivity index (χ4n) is 2.32. The highest BCUT2D eigenvalue weighted by Gasteiger charge is 2.33. The molecule has 9 heteroatoms. The van der Waals surface area contributed by atoms with Crippen molar-refractivity contribution >= 4 is 11.8 Å². The summed E-state index contributed by atoms with van der Waals surface area (Å²) in [6.07, 6.45) is -4.66. The molecule has 1 aliphatic heterocycles. The molecule has 0 spiro atoms. The van der Waals surface area contributed by atoms with Crippen molar-refractivity contribution in [3.63, 3.8) is 0 Å². The van der Waals surface area contributed by atoms with Gasteiger partial charge in [-0.15, -0.1) is 0 Å². The van der Waals surface area contributed by atoms with Crippen molar-refractivity contribution in [2.24, 2.45) is 5.73 Å². The summed E-state index contributed by atoms with van der Waals surface area (Å²) in [7, 11) is 0. The highest BCUT2D eigenvalue weighted by Crippen LogP contribution is 2.30. The Morgan fingerprint density at radius 3 is 2.17 bits per heavy atom. The normalized spacial score (nSPS) is 15.7. The number of carbonyl (C=O) groups excluding carboxylic acids is 2. The molecule has 0 saturated carbocycles. The summed E-state index contributed by atoms with van der Waals surface area (Å²) in [5, 5.41) is 0. The maximum absolute atomic E-state index is 13.7. The summed E-state index contributed by atoms with van der Waals surface area (Å²) in [5.41, 5.74) is 3.53. The van der Waals surface area contributed by atoms with Crippen LogP contribution in [0.1, 0.15) is 15.9 Å². The summed E-state index contributed by atoms with van der Waals surface area (Å²) >= 11 is 0. The van der Waals surface area contributed by atoms with Gasteiger partial charge in [0, 0.05) is 26.2 Å². The predicted octanol–water partition coefficient (Wildman–Crippen LogP) is 1.09. The quantitative estimate of drug-likeness (QED) is 0.824. The average Bonchev–Trinajstić information content (AvgIpc) is 2.53. The highest BCUT2D eigenvalue weighted by molar-refractivity contribution is 5.95. The Hall–Kier alpha value is -2.16. The van der Waals surface area contributed by atoms with Crippen molar-refractivity contribution in [1.82, 2.24) is 9.80 Å². The zero-order chi connectivity index (χ0) is 17.2. The number of alkyl halides is 3. The number of hydrogen-bond acceptors (Lipinski definition) is 3. The van der Waals surface area contributed by atoms with Crippen LogP contribution in [0.3, 0.4) is 0 Å². The lowest BCUT2D eigenvalue weighted by molar-refractivity contribution is -0.137. The fraction of sp³-hybridized carbons (Fsp3) is 0.429. The van der Waals surface area contributed by atoms with E-state index in [2.05, 4.69) is 0 Å². The number of nitrogens with zero attached hydrogens (tertiary/aromatic N) is 2. The molecule has 2 N–H and O–H groups in total. The maximum atomic E-state index is 13.7. The molecule has 1 aromatic rings. The van der Waals surface area contributed by atoms with Crippen molar-refractivity contribution in [3.05, 3.63) is 35.1 Å². The molecule has 23 heavy (non-hydrogen) atoms. The molecule has 0 aromatic heterocycles. The minimum Gasteiger partial charge on any atom is -0.338 e. The van der Waals surface area contributed by atoms with E-state index in [0.717, 1.165) is 0 Å². The van der Waals surface area contributed by atoms with Gasteiger partial charge in [0.15, 0.2) is 0 Å². The van der Waals surface area contributed by atoms with Gasteiger partial charge in [-0.3, -0.25) is 9.59 Å². The van der Waals surface area contributed by atoms with Crippen LogP contribution in [0.5, 0.6) is 0 Å². The van der Waals surface area contributed by atoms with Crippen LogP contribution in [0.15, 0.2) is 18.2 Å². The van der Waals surface area contributed by atoms with Gasteiger partial charge < -0.3 is 15.5 Å². The van der Waals surface area contributed by atoms with Crippen molar-refractivity contribution in [1.29, 1.82) is 0 Å². The molecule has 0 bridgehead atoms. The second kappa shape index (κ2) is 6.53. The molecular weight excluding hydrogens is 318 g/mol. The molecule has 1 aliphatic rings. The van der Waals surface area contributed by atoms with Crippen LogP contribution >= 0.6 is 0 Å². The van der Waals surface area contributed by atoms with Crippen molar-refractivity contribution in [3.8, 4) is 0 Å². The standard InChI is InChI=1S/C14H15F4N3O2/c15-11-2-1-9(14(16,17)18)7-10(11)13(23)21-5-3-20(4-6-21)12(22)8-19/h1-2,7H,3-6,8,19H2. The van der Waals surface area contributed by atoms with E-state index in [0.29, 0.717) is 18.2 Å². The van der Waals surface area contributed by atoms with Gasteiger partial charge in [-0.25, -0.2) is 4.39 Å². The predicted molar refractivity (Wildman–Crippen MR) is 72.9 cm³/mol. The molecule has 0 aliphatic carbocycles. The Morgan fingerprint density at radius 1 is 1.09 bits per heavy atom. The molecule has 5 nitrogen and oxygen atoms in total. The summed E-state index contributed by atoms with van der Waals surface area (Å²) < 4.78 is 51.8. The Labute approximate surface area is 129 Å². The van der Waals surface area contributed by atoms with Crippen LogP contribution in [0, 0.1) is 5.82 Å². The Morgan fingerprint density at radius 2 is 1.65 bits per heavy atom.